The van der Waals surface area contributed by atoms with Crippen LogP contribution in [0.4, 0.5) is 0 Å². The number of aliphatic hydroxyl groups is 4. The van der Waals surface area contributed by atoms with E-state index >= 15 is 0 Å². The van der Waals surface area contributed by atoms with Gasteiger partial charge in [-0.1, -0.05) is 22.6 Å². The Morgan fingerprint density at radius 2 is 1.88 bits per heavy atom. The van der Waals surface area contributed by atoms with Gasteiger partial charge in [0.2, 0.25) is 5.91 Å². The van der Waals surface area contributed by atoms with Gasteiger partial charge in [-0.3, -0.25) is 4.79 Å². The van der Waals surface area contributed by atoms with Crippen molar-refractivity contribution in [2.75, 3.05) is 11.0 Å². The molecule has 3 unspecified atom stereocenters. The van der Waals surface area contributed by atoms with E-state index in [-0.39, 0.29) is 10.3 Å². The first-order valence-electron chi connectivity index (χ1n) is 4.67. The summed E-state index contributed by atoms with van der Waals surface area (Å²) in [4.78, 5) is 11.1. The van der Waals surface area contributed by atoms with Gasteiger partial charge in [0.1, 0.15) is 24.4 Å². The summed E-state index contributed by atoms with van der Waals surface area (Å²) in [6.45, 7) is -0.512. The summed E-state index contributed by atoms with van der Waals surface area (Å²) in [7, 11) is 0. The summed E-state index contributed by atoms with van der Waals surface area (Å²) in [6.07, 6.45) is -6.43. The van der Waals surface area contributed by atoms with Crippen molar-refractivity contribution in [3.63, 3.8) is 0 Å². The molecule has 0 spiro atoms. The Hall–Kier alpha value is -0.0000000000000000694. The molecular formula is C8H14INO6. The van der Waals surface area contributed by atoms with Crippen LogP contribution < -0.4 is 5.32 Å². The summed E-state index contributed by atoms with van der Waals surface area (Å²) in [5.41, 5.74) is 0. The van der Waals surface area contributed by atoms with Crippen LogP contribution >= 0.6 is 22.6 Å². The minimum atomic E-state index is -1.47. The first-order chi connectivity index (χ1) is 7.51. The molecule has 94 valence electrons. The van der Waals surface area contributed by atoms with Crippen LogP contribution in [-0.4, -0.2) is 68.0 Å². The number of ether oxygens (including phenoxy) is 1. The Bertz CT molecular complexity index is 251. The molecule has 1 saturated heterocycles. The molecule has 1 rings (SSSR count). The molecule has 16 heavy (non-hydrogen) atoms. The molecule has 0 aromatic carbocycles. The maximum atomic E-state index is 11.1. The second-order valence-corrected chi connectivity index (χ2v) is 4.21. The van der Waals surface area contributed by atoms with E-state index in [1.165, 1.54) is 0 Å². The Labute approximate surface area is 106 Å². The van der Waals surface area contributed by atoms with Crippen LogP contribution in [0.5, 0.6) is 0 Å². The Kier molecular flexibility index (Phi) is 5.34. The van der Waals surface area contributed by atoms with Crippen LogP contribution in [0, 0.1) is 0 Å². The third-order valence-electron chi connectivity index (χ3n) is 2.32. The normalized spacial score (nSPS) is 39.4. The lowest BCUT2D eigenvalue weighted by Crippen LogP contribution is -2.63. The van der Waals surface area contributed by atoms with Crippen LogP contribution in [0.15, 0.2) is 0 Å². The monoisotopic (exact) mass is 347 g/mol. The Morgan fingerprint density at radius 1 is 1.25 bits per heavy atom. The average molecular weight is 347 g/mol. The molecule has 0 aromatic heterocycles. The van der Waals surface area contributed by atoms with Crippen LogP contribution in [0.2, 0.25) is 0 Å². The standard InChI is InChI=1S/C8H14INO6/c9-1-4(12)10-8-7(15)6(14)5(13)3(2-11)16-8/h3,5-8,11,13-15H,1-2H2,(H,10,12)/t3?,5-,6?,7?,8-/m1/s1. The molecule has 5 N–H and O–H groups in total. The molecule has 1 aliphatic rings. The lowest BCUT2D eigenvalue weighted by molar-refractivity contribution is -0.235. The van der Waals surface area contributed by atoms with E-state index < -0.39 is 37.3 Å². The number of nitrogens with one attached hydrogen (secondary N) is 1. The molecule has 0 aromatic rings. The number of hydrogen-bond acceptors (Lipinski definition) is 6. The summed E-state index contributed by atoms with van der Waals surface area (Å²) in [5, 5.41) is 39.6. The minimum absolute atomic E-state index is 0.173. The van der Waals surface area contributed by atoms with Gasteiger partial charge in [0.25, 0.3) is 0 Å². The molecule has 0 aliphatic carbocycles. The quantitative estimate of drug-likeness (QED) is 0.281. The van der Waals surface area contributed by atoms with E-state index in [1.807, 2.05) is 22.6 Å². The fraction of sp³-hybridized carbons (Fsp3) is 0.875. The van der Waals surface area contributed by atoms with Crippen molar-refractivity contribution in [3.05, 3.63) is 0 Å². The number of aliphatic hydroxyl groups excluding tert-OH is 4. The number of amides is 1. The van der Waals surface area contributed by atoms with Gasteiger partial charge < -0.3 is 30.5 Å². The summed E-state index contributed by atoms with van der Waals surface area (Å²) in [5.74, 6) is -0.370. The average Bonchev–Trinajstić information content (AvgIpc) is 2.29. The zero-order valence-electron chi connectivity index (χ0n) is 8.28. The molecule has 8 heteroatoms. The molecule has 0 radical (unpaired) electrons. The van der Waals surface area contributed by atoms with E-state index in [1.54, 1.807) is 0 Å². The first kappa shape index (κ1) is 14.1. The fourth-order valence-electron chi connectivity index (χ4n) is 1.42. The van der Waals surface area contributed by atoms with Gasteiger partial charge in [-0.05, 0) is 0 Å². The summed E-state index contributed by atoms with van der Waals surface area (Å²) in [6, 6.07) is 0. The van der Waals surface area contributed by atoms with Crippen LogP contribution in [0.25, 0.3) is 0 Å². The third-order valence-corrected chi connectivity index (χ3v) is 3.01. The highest BCUT2D eigenvalue weighted by atomic mass is 127. The third kappa shape index (κ3) is 3.02. The molecule has 1 amide bonds. The largest absolute Gasteiger partial charge is 0.394 e. The van der Waals surface area contributed by atoms with Crippen molar-refractivity contribution in [2.24, 2.45) is 0 Å². The predicted molar refractivity (Wildman–Crippen MR) is 60.8 cm³/mol. The maximum Gasteiger partial charge on any atom is 0.231 e. The highest BCUT2D eigenvalue weighted by Crippen LogP contribution is 2.19. The van der Waals surface area contributed by atoms with Gasteiger partial charge >= 0.3 is 0 Å². The van der Waals surface area contributed by atoms with E-state index in [4.69, 9.17) is 9.84 Å². The van der Waals surface area contributed by atoms with Gasteiger partial charge in [0.15, 0.2) is 6.23 Å². The van der Waals surface area contributed by atoms with Crippen LogP contribution in [0.1, 0.15) is 0 Å². The topological polar surface area (TPSA) is 119 Å². The highest BCUT2D eigenvalue weighted by molar-refractivity contribution is 14.1. The molecule has 0 bridgehead atoms. The molecule has 1 fully saturated rings. The molecule has 1 heterocycles. The van der Waals surface area contributed by atoms with Gasteiger partial charge in [-0.15, -0.1) is 0 Å². The number of carbonyl (C=O) groups excluding carboxylic acids is 1. The number of alkyl halides is 1. The van der Waals surface area contributed by atoms with Crippen molar-refractivity contribution in [3.8, 4) is 0 Å². The van der Waals surface area contributed by atoms with Crippen molar-refractivity contribution in [2.45, 2.75) is 30.6 Å². The lowest BCUT2D eigenvalue weighted by atomic mass is 9.98. The van der Waals surface area contributed by atoms with E-state index in [2.05, 4.69) is 5.32 Å². The number of halogens is 1. The van der Waals surface area contributed by atoms with Crippen molar-refractivity contribution in [1.82, 2.24) is 5.32 Å². The number of hydrogen-bond donors (Lipinski definition) is 5. The van der Waals surface area contributed by atoms with E-state index in [0.29, 0.717) is 0 Å². The lowest BCUT2D eigenvalue weighted by Gasteiger charge is -2.40. The summed E-state index contributed by atoms with van der Waals surface area (Å²) < 4.78 is 5.23. The van der Waals surface area contributed by atoms with Crippen molar-refractivity contribution >= 4 is 28.5 Å². The maximum absolute atomic E-state index is 11.1. The molecule has 1 aliphatic heterocycles. The van der Waals surface area contributed by atoms with E-state index in [9.17, 15) is 20.1 Å². The molecule has 5 atom stereocenters. The second kappa shape index (κ2) is 6.07. The summed E-state index contributed by atoms with van der Waals surface area (Å²) >= 11 is 1.83. The van der Waals surface area contributed by atoms with Crippen molar-refractivity contribution < 1.29 is 30.0 Å². The Morgan fingerprint density at radius 3 is 2.38 bits per heavy atom. The zero-order valence-corrected chi connectivity index (χ0v) is 10.4. The molecule has 7 nitrogen and oxygen atoms in total. The minimum Gasteiger partial charge on any atom is -0.394 e. The van der Waals surface area contributed by atoms with Gasteiger partial charge in [0, 0.05) is 0 Å². The van der Waals surface area contributed by atoms with Crippen LogP contribution in [0.3, 0.4) is 0 Å². The Balaban J connectivity index is 2.67. The fourth-order valence-corrected chi connectivity index (χ4v) is 1.64. The predicted octanol–water partition coefficient (Wildman–Crippen LogP) is -2.66. The van der Waals surface area contributed by atoms with E-state index in [0.717, 1.165) is 0 Å². The van der Waals surface area contributed by atoms with Crippen LogP contribution in [-0.2, 0) is 9.53 Å². The zero-order chi connectivity index (χ0) is 12.3. The van der Waals surface area contributed by atoms with Gasteiger partial charge in [-0.2, -0.15) is 0 Å². The molecule has 0 saturated carbocycles. The van der Waals surface area contributed by atoms with Gasteiger partial charge in [0.05, 0.1) is 11.0 Å². The first-order valence-corrected chi connectivity index (χ1v) is 6.19. The van der Waals surface area contributed by atoms with Crippen molar-refractivity contribution in [1.29, 1.82) is 0 Å². The number of carbonyl (C=O) groups is 1. The SMILES string of the molecule is O=C(CI)N[C@@H]1OC(CO)[C@@H](O)C(O)C1O. The number of rotatable bonds is 3. The second-order valence-electron chi connectivity index (χ2n) is 3.45. The van der Waals surface area contributed by atoms with Gasteiger partial charge in [-0.25, -0.2) is 0 Å². The molecular weight excluding hydrogens is 333 g/mol. The highest BCUT2D eigenvalue weighted by Gasteiger charge is 2.43. The smallest absolute Gasteiger partial charge is 0.231 e.